The second kappa shape index (κ2) is 9.43. The molecule has 0 radical (unpaired) electrons. The summed E-state index contributed by atoms with van der Waals surface area (Å²) in [6.07, 6.45) is 4.40. The van der Waals surface area contributed by atoms with Gasteiger partial charge in [-0.05, 0) is 87.8 Å². The summed E-state index contributed by atoms with van der Waals surface area (Å²) in [5, 5.41) is 4.42. The lowest BCUT2D eigenvalue weighted by Gasteiger charge is -2.37. The number of hydrogen-bond donors (Lipinski definition) is 1. The van der Waals surface area contributed by atoms with Crippen LogP contribution in [0, 0.1) is 13.8 Å². The molecule has 1 atom stereocenters. The Balaban J connectivity index is 1.35. The van der Waals surface area contributed by atoms with E-state index < -0.39 is 0 Å². The first-order valence-corrected chi connectivity index (χ1v) is 12.1. The quantitative estimate of drug-likeness (QED) is 0.392. The summed E-state index contributed by atoms with van der Waals surface area (Å²) in [5.41, 5.74) is 8.17. The van der Waals surface area contributed by atoms with E-state index in [0.29, 0.717) is 12.0 Å². The monoisotopic (exact) mass is 451 g/mol. The molecule has 0 saturated carbocycles. The second-order valence-electron chi connectivity index (χ2n) is 9.66. The number of piperidine rings is 1. The Hall–Kier alpha value is -3.44. The van der Waals surface area contributed by atoms with Crippen molar-refractivity contribution in [2.75, 3.05) is 37.4 Å². The van der Waals surface area contributed by atoms with Crippen LogP contribution >= 0.6 is 0 Å². The third-order valence-electron chi connectivity index (χ3n) is 6.90. The number of aromatic nitrogens is 2. The van der Waals surface area contributed by atoms with E-state index in [1.807, 2.05) is 6.20 Å². The van der Waals surface area contributed by atoms with Crippen molar-refractivity contribution in [3.8, 4) is 11.1 Å². The maximum absolute atomic E-state index is 4.81. The van der Waals surface area contributed by atoms with Crippen molar-refractivity contribution >= 4 is 28.2 Å². The molecule has 2 heterocycles. The first-order chi connectivity index (χ1) is 16.5. The van der Waals surface area contributed by atoms with Crippen LogP contribution in [0.25, 0.3) is 22.0 Å². The zero-order valence-corrected chi connectivity index (χ0v) is 20.5. The predicted octanol–water partition coefficient (Wildman–Crippen LogP) is 6.19. The zero-order chi connectivity index (χ0) is 23.7. The number of anilines is 3. The molecule has 1 aromatic heterocycles. The maximum Gasteiger partial charge on any atom is 0.227 e. The summed E-state index contributed by atoms with van der Waals surface area (Å²) in [6, 6.07) is 22.2. The van der Waals surface area contributed by atoms with Crippen molar-refractivity contribution in [3.05, 3.63) is 78.0 Å². The normalized spacial score (nSPS) is 16.3. The number of fused-ring (bicyclic) bond motifs is 1. The first-order valence-electron chi connectivity index (χ1n) is 12.1. The van der Waals surface area contributed by atoms with E-state index in [-0.39, 0.29) is 0 Å². The lowest BCUT2D eigenvalue weighted by molar-refractivity contribution is 0.258. The Morgan fingerprint density at radius 1 is 0.971 bits per heavy atom. The van der Waals surface area contributed by atoms with Gasteiger partial charge in [0.05, 0.1) is 5.52 Å². The van der Waals surface area contributed by atoms with E-state index in [0.717, 1.165) is 29.7 Å². The molecule has 0 aliphatic carbocycles. The molecule has 4 aromatic rings. The summed E-state index contributed by atoms with van der Waals surface area (Å²) in [5.74, 6) is 0.615. The fourth-order valence-corrected chi connectivity index (χ4v) is 4.79. The van der Waals surface area contributed by atoms with Gasteiger partial charge in [-0.15, -0.1) is 0 Å². The molecule has 5 heteroatoms. The van der Waals surface area contributed by atoms with Gasteiger partial charge in [-0.2, -0.15) is 0 Å². The van der Waals surface area contributed by atoms with Gasteiger partial charge in [-0.25, -0.2) is 9.97 Å². The van der Waals surface area contributed by atoms with E-state index in [1.165, 1.54) is 40.8 Å². The number of nitrogens with zero attached hydrogens (tertiary/aromatic N) is 4. The van der Waals surface area contributed by atoms with Crippen LogP contribution in [0.2, 0.25) is 0 Å². The van der Waals surface area contributed by atoms with Gasteiger partial charge >= 0.3 is 0 Å². The Kier molecular flexibility index (Phi) is 6.20. The van der Waals surface area contributed by atoms with Crippen molar-refractivity contribution in [1.29, 1.82) is 0 Å². The minimum absolute atomic E-state index is 0.615. The fourth-order valence-electron chi connectivity index (χ4n) is 4.79. The molecular formula is C29H33N5. The van der Waals surface area contributed by atoms with Gasteiger partial charge in [0.25, 0.3) is 0 Å². The van der Waals surface area contributed by atoms with E-state index in [1.54, 1.807) is 0 Å². The van der Waals surface area contributed by atoms with Crippen LogP contribution in [0.15, 0.2) is 66.9 Å². The van der Waals surface area contributed by atoms with Gasteiger partial charge in [0.1, 0.15) is 0 Å². The van der Waals surface area contributed by atoms with Gasteiger partial charge in [0.15, 0.2) is 0 Å². The number of nitrogens with one attached hydrogen (secondary N) is 1. The molecule has 0 spiro atoms. The van der Waals surface area contributed by atoms with Crippen LogP contribution in [-0.4, -0.2) is 48.1 Å². The molecule has 3 aromatic carbocycles. The number of likely N-dealkylation sites (N-methyl/N-ethyl adjacent to an activating group) is 1. The molecule has 34 heavy (non-hydrogen) atoms. The van der Waals surface area contributed by atoms with Gasteiger partial charge < -0.3 is 15.1 Å². The molecular weight excluding hydrogens is 418 g/mol. The van der Waals surface area contributed by atoms with Crippen LogP contribution < -0.4 is 10.2 Å². The fraction of sp³-hybridized carbons (Fsp3) is 0.310. The van der Waals surface area contributed by atoms with Crippen molar-refractivity contribution in [2.45, 2.75) is 32.7 Å². The SMILES string of the molecule is Cc1ccc(C)c(-c2ccc3cnc(Nc4ccc(N5CCCC(N(C)C)C5)cc4)nc3c2)c1. The molecule has 174 valence electrons. The molecule has 1 N–H and O–H groups in total. The first kappa shape index (κ1) is 22.4. The van der Waals surface area contributed by atoms with E-state index >= 15 is 0 Å². The van der Waals surface area contributed by atoms with Crippen LogP contribution in [0.1, 0.15) is 24.0 Å². The van der Waals surface area contributed by atoms with Gasteiger partial charge in [-0.1, -0.05) is 35.9 Å². The summed E-state index contributed by atoms with van der Waals surface area (Å²) in [6.45, 7) is 6.48. The highest BCUT2D eigenvalue weighted by Gasteiger charge is 2.21. The highest BCUT2D eigenvalue weighted by Crippen LogP contribution is 2.28. The number of hydrogen-bond acceptors (Lipinski definition) is 5. The summed E-state index contributed by atoms with van der Waals surface area (Å²) >= 11 is 0. The van der Waals surface area contributed by atoms with Crippen molar-refractivity contribution < 1.29 is 0 Å². The van der Waals surface area contributed by atoms with Crippen molar-refractivity contribution in [1.82, 2.24) is 14.9 Å². The Bertz CT molecular complexity index is 1300. The summed E-state index contributed by atoms with van der Waals surface area (Å²) in [7, 11) is 4.35. The lowest BCUT2D eigenvalue weighted by atomic mass is 9.98. The molecule has 0 bridgehead atoms. The second-order valence-corrected chi connectivity index (χ2v) is 9.66. The molecule has 5 nitrogen and oxygen atoms in total. The lowest BCUT2D eigenvalue weighted by Crippen LogP contribution is -2.45. The van der Waals surface area contributed by atoms with Gasteiger partial charge in [0.2, 0.25) is 5.95 Å². The Morgan fingerprint density at radius 3 is 2.59 bits per heavy atom. The molecule has 0 amide bonds. The number of rotatable bonds is 5. The Morgan fingerprint density at radius 2 is 1.79 bits per heavy atom. The number of aryl methyl sites for hydroxylation is 2. The zero-order valence-electron chi connectivity index (χ0n) is 20.5. The maximum atomic E-state index is 4.81. The Labute approximate surface area is 202 Å². The average molecular weight is 452 g/mol. The smallest absolute Gasteiger partial charge is 0.227 e. The summed E-state index contributed by atoms with van der Waals surface area (Å²) < 4.78 is 0. The highest BCUT2D eigenvalue weighted by atomic mass is 15.2. The molecule has 1 fully saturated rings. The average Bonchev–Trinajstić information content (AvgIpc) is 2.85. The molecule has 1 aliphatic heterocycles. The molecule has 1 saturated heterocycles. The molecule has 5 rings (SSSR count). The van der Waals surface area contributed by atoms with Crippen LogP contribution in [0.3, 0.4) is 0 Å². The number of benzene rings is 3. The van der Waals surface area contributed by atoms with Gasteiger partial charge in [0, 0.05) is 42.1 Å². The van der Waals surface area contributed by atoms with Crippen molar-refractivity contribution in [2.24, 2.45) is 0 Å². The van der Waals surface area contributed by atoms with E-state index in [4.69, 9.17) is 4.98 Å². The van der Waals surface area contributed by atoms with Crippen LogP contribution in [-0.2, 0) is 0 Å². The van der Waals surface area contributed by atoms with Crippen LogP contribution in [0.5, 0.6) is 0 Å². The largest absolute Gasteiger partial charge is 0.370 e. The third kappa shape index (κ3) is 4.75. The standard InChI is InChI=1S/C29H33N5/c1-20-7-8-21(2)27(16-20)22-9-10-23-18-30-29(32-28(23)17-22)31-24-11-13-25(14-12-24)34-15-5-6-26(19-34)33(3)4/h7-14,16-18,26H,5-6,15,19H2,1-4H3,(H,30,31,32). The molecule has 1 aliphatic rings. The molecule has 1 unspecified atom stereocenters. The third-order valence-corrected chi connectivity index (χ3v) is 6.90. The minimum atomic E-state index is 0.615. The van der Waals surface area contributed by atoms with E-state index in [9.17, 15) is 0 Å². The van der Waals surface area contributed by atoms with Crippen molar-refractivity contribution in [3.63, 3.8) is 0 Å². The predicted molar refractivity (Wildman–Crippen MR) is 143 cm³/mol. The van der Waals surface area contributed by atoms with Crippen LogP contribution in [0.4, 0.5) is 17.3 Å². The van der Waals surface area contributed by atoms with E-state index in [2.05, 4.69) is 109 Å². The minimum Gasteiger partial charge on any atom is -0.370 e. The summed E-state index contributed by atoms with van der Waals surface area (Å²) in [4.78, 5) is 14.2. The topological polar surface area (TPSA) is 44.3 Å². The van der Waals surface area contributed by atoms with Gasteiger partial charge in [-0.3, -0.25) is 0 Å². The highest BCUT2D eigenvalue weighted by molar-refractivity contribution is 5.85.